The number of thiocarbonyl (C=S) groups is 1. The highest BCUT2D eigenvalue weighted by Gasteiger charge is 2.35. The van der Waals surface area contributed by atoms with Crippen LogP contribution in [0.4, 0.5) is 16.2 Å². The fraction of sp³-hybridized carbons (Fsp3) is 0.385. The minimum Gasteiger partial charge on any atom is -0.496 e. The van der Waals surface area contributed by atoms with E-state index < -0.39 is 21.0 Å². The highest BCUT2D eigenvalue weighted by molar-refractivity contribution is 7.80. The number of halogens is 3. The summed E-state index contributed by atoms with van der Waals surface area (Å²) in [5.74, 6) is 0.296. The van der Waals surface area contributed by atoms with Crippen LogP contribution in [0, 0.1) is 10.1 Å². The third-order valence-electron chi connectivity index (χ3n) is 2.79. The van der Waals surface area contributed by atoms with Crippen molar-refractivity contribution in [3.05, 3.63) is 28.3 Å². The Bertz CT molecular complexity index is 686. The van der Waals surface area contributed by atoms with Crippen LogP contribution in [0.5, 0.6) is 5.75 Å². The van der Waals surface area contributed by atoms with Crippen molar-refractivity contribution in [3.8, 4) is 5.75 Å². The monoisotopic (exact) mass is 444 g/mol. The van der Waals surface area contributed by atoms with Crippen molar-refractivity contribution < 1.29 is 19.2 Å². The molecule has 0 unspecified atom stereocenters. The van der Waals surface area contributed by atoms with Crippen molar-refractivity contribution in [2.45, 2.75) is 16.9 Å². The minimum absolute atomic E-state index is 0.0764. The Morgan fingerprint density at radius 3 is 2.54 bits per heavy atom. The summed E-state index contributed by atoms with van der Waals surface area (Å²) in [6.07, 6.45) is -2.10. The molecule has 1 atom stereocenters. The molecule has 1 aromatic carbocycles. The average Bonchev–Trinajstić information content (AvgIpc) is 2.53. The van der Waals surface area contributed by atoms with E-state index in [2.05, 4.69) is 16.0 Å². The van der Waals surface area contributed by atoms with Gasteiger partial charge in [-0.15, -0.1) is 0 Å². The molecule has 0 bridgehead atoms. The van der Waals surface area contributed by atoms with E-state index in [4.69, 9.17) is 56.5 Å². The Kier molecular flexibility index (Phi) is 8.41. The molecule has 0 heterocycles. The number of carbonyl (C=O) groups is 1. The lowest BCUT2D eigenvalue weighted by Crippen LogP contribution is -2.56. The number of ether oxygens (including phenoxy) is 2. The van der Waals surface area contributed by atoms with E-state index in [0.717, 1.165) is 0 Å². The second-order valence-corrected chi connectivity index (χ2v) is 7.36. The number of nitro groups is 1. The van der Waals surface area contributed by atoms with Gasteiger partial charge in [0.25, 0.3) is 5.69 Å². The van der Waals surface area contributed by atoms with Gasteiger partial charge < -0.3 is 20.1 Å². The summed E-state index contributed by atoms with van der Waals surface area (Å²) >= 11 is 22.5. The molecule has 0 saturated heterocycles. The Hall–Kier alpha value is -1.75. The van der Waals surface area contributed by atoms with Crippen molar-refractivity contribution >= 4 is 69.6 Å². The van der Waals surface area contributed by atoms with Crippen LogP contribution in [-0.4, -0.2) is 39.8 Å². The van der Waals surface area contributed by atoms with Crippen molar-refractivity contribution in [1.29, 1.82) is 0 Å². The number of alkyl carbamates (subject to hydrolysis) is 1. The van der Waals surface area contributed by atoms with E-state index in [0.29, 0.717) is 5.75 Å². The molecule has 0 saturated carbocycles. The molecular formula is C13H15Cl3N4O5S. The maximum Gasteiger partial charge on any atom is 0.408 e. The number of amides is 1. The van der Waals surface area contributed by atoms with E-state index in [1.807, 2.05) is 0 Å². The van der Waals surface area contributed by atoms with Crippen LogP contribution in [0.25, 0.3) is 0 Å². The second-order valence-electron chi connectivity index (χ2n) is 4.58. The zero-order valence-corrected chi connectivity index (χ0v) is 16.6. The Morgan fingerprint density at radius 1 is 1.38 bits per heavy atom. The molecule has 26 heavy (non-hydrogen) atoms. The fourth-order valence-electron chi connectivity index (χ4n) is 1.68. The number of hydrogen-bond donors (Lipinski definition) is 3. The first kappa shape index (κ1) is 22.3. The molecule has 0 radical (unpaired) electrons. The van der Waals surface area contributed by atoms with Gasteiger partial charge in [0, 0.05) is 0 Å². The molecule has 9 nitrogen and oxygen atoms in total. The topological polar surface area (TPSA) is 115 Å². The minimum atomic E-state index is -1.98. The normalized spacial score (nSPS) is 11.9. The summed E-state index contributed by atoms with van der Waals surface area (Å²) < 4.78 is 7.68. The van der Waals surface area contributed by atoms with E-state index >= 15 is 0 Å². The van der Waals surface area contributed by atoms with Gasteiger partial charge in [-0.3, -0.25) is 15.4 Å². The van der Waals surface area contributed by atoms with Gasteiger partial charge in [-0.05, 0) is 31.3 Å². The zero-order valence-electron chi connectivity index (χ0n) is 13.5. The smallest absolute Gasteiger partial charge is 0.408 e. The predicted octanol–water partition coefficient (Wildman–Crippen LogP) is 3.33. The van der Waals surface area contributed by atoms with Gasteiger partial charge in [-0.1, -0.05) is 34.8 Å². The third-order valence-corrected chi connectivity index (χ3v) is 3.66. The lowest BCUT2D eigenvalue weighted by Gasteiger charge is -2.27. The lowest BCUT2D eigenvalue weighted by atomic mass is 10.2. The Morgan fingerprint density at radius 2 is 2.04 bits per heavy atom. The molecule has 0 aromatic heterocycles. The quantitative estimate of drug-likeness (QED) is 0.201. The van der Waals surface area contributed by atoms with Crippen LogP contribution in [0.2, 0.25) is 0 Å². The number of hydrogen-bond acceptors (Lipinski definition) is 6. The molecular weight excluding hydrogens is 431 g/mol. The second kappa shape index (κ2) is 9.81. The maximum atomic E-state index is 11.5. The Balaban J connectivity index is 2.91. The first-order chi connectivity index (χ1) is 12.1. The van der Waals surface area contributed by atoms with Gasteiger partial charge in [-0.2, -0.15) is 0 Å². The van der Waals surface area contributed by atoms with Gasteiger partial charge in [0.1, 0.15) is 11.4 Å². The molecule has 0 aliphatic heterocycles. The van der Waals surface area contributed by atoms with Gasteiger partial charge in [0.15, 0.2) is 11.3 Å². The van der Waals surface area contributed by atoms with Crippen molar-refractivity contribution in [3.63, 3.8) is 0 Å². The third kappa shape index (κ3) is 6.87. The first-order valence-corrected chi connectivity index (χ1v) is 8.52. The zero-order chi connectivity index (χ0) is 19.9. The van der Waals surface area contributed by atoms with Crippen LogP contribution < -0.4 is 20.7 Å². The average molecular weight is 446 g/mol. The molecule has 1 rings (SSSR count). The standard InChI is InChI=1S/C13H15Cl3N4O5S/c1-3-25-12(21)19-10(13(14,15)16)18-11(26)17-8-5-4-7(24-2)6-9(8)20(22)23/h4-6,10H,3H2,1-2H3,(H,19,21)(H2,17,18,26)/t10-/m0/s1. The predicted molar refractivity (Wildman–Crippen MR) is 103 cm³/mol. The maximum absolute atomic E-state index is 11.5. The van der Waals surface area contributed by atoms with Crippen molar-refractivity contribution in [2.24, 2.45) is 0 Å². The summed E-state index contributed by atoms with van der Waals surface area (Å²) in [6.45, 7) is 1.71. The fourth-order valence-corrected chi connectivity index (χ4v) is 2.23. The van der Waals surface area contributed by atoms with E-state index in [1.165, 1.54) is 25.3 Å². The number of benzene rings is 1. The number of methoxy groups -OCH3 is 1. The first-order valence-electron chi connectivity index (χ1n) is 6.98. The summed E-state index contributed by atoms with van der Waals surface area (Å²) in [5.41, 5.74) is -0.204. The molecule has 0 aliphatic rings. The van der Waals surface area contributed by atoms with Crippen LogP contribution in [-0.2, 0) is 4.74 Å². The molecule has 1 amide bonds. The number of nitrogens with zero attached hydrogens (tertiary/aromatic N) is 1. The van der Waals surface area contributed by atoms with Gasteiger partial charge >= 0.3 is 6.09 Å². The number of nitrogens with one attached hydrogen (secondary N) is 3. The van der Waals surface area contributed by atoms with E-state index in [1.54, 1.807) is 6.92 Å². The summed E-state index contributed by atoms with van der Waals surface area (Å²) in [6, 6.07) is 4.11. The number of carbonyl (C=O) groups excluding carboxylic acids is 1. The highest BCUT2D eigenvalue weighted by atomic mass is 35.6. The Labute approximate surface area is 169 Å². The molecule has 3 N–H and O–H groups in total. The van der Waals surface area contributed by atoms with Crippen LogP contribution in [0.15, 0.2) is 18.2 Å². The molecule has 13 heteroatoms. The van der Waals surface area contributed by atoms with Gasteiger partial charge in [-0.25, -0.2) is 4.79 Å². The van der Waals surface area contributed by atoms with Crippen LogP contribution in [0.3, 0.4) is 0 Å². The van der Waals surface area contributed by atoms with E-state index in [9.17, 15) is 14.9 Å². The SMILES string of the molecule is CCOC(=O)N[C@H](NC(=S)Nc1ccc(OC)cc1[N+](=O)[O-])C(Cl)(Cl)Cl. The van der Waals surface area contributed by atoms with Gasteiger partial charge in [0.2, 0.25) is 3.79 Å². The summed E-state index contributed by atoms with van der Waals surface area (Å²) in [4.78, 5) is 22.1. The molecule has 1 aromatic rings. The molecule has 0 aliphatic carbocycles. The molecule has 0 spiro atoms. The number of rotatable bonds is 6. The molecule has 144 valence electrons. The number of nitro benzene ring substituents is 1. The largest absolute Gasteiger partial charge is 0.496 e. The summed E-state index contributed by atoms with van der Waals surface area (Å²) in [5, 5.41) is 18.5. The van der Waals surface area contributed by atoms with Crippen LogP contribution in [0.1, 0.15) is 6.92 Å². The van der Waals surface area contributed by atoms with E-state index in [-0.39, 0.29) is 23.1 Å². The van der Waals surface area contributed by atoms with Gasteiger partial charge in [0.05, 0.1) is 24.7 Å². The molecule has 0 fully saturated rings. The summed E-state index contributed by atoms with van der Waals surface area (Å²) in [7, 11) is 1.38. The highest BCUT2D eigenvalue weighted by Crippen LogP contribution is 2.30. The number of anilines is 1. The number of alkyl halides is 3. The van der Waals surface area contributed by atoms with Crippen molar-refractivity contribution in [1.82, 2.24) is 10.6 Å². The lowest BCUT2D eigenvalue weighted by molar-refractivity contribution is -0.384. The van der Waals surface area contributed by atoms with Crippen molar-refractivity contribution in [2.75, 3.05) is 19.0 Å². The van der Waals surface area contributed by atoms with Crippen LogP contribution >= 0.6 is 47.0 Å².